The fourth-order valence-corrected chi connectivity index (χ4v) is 1.93. The van der Waals surface area contributed by atoms with Gasteiger partial charge in [0.1, 0.15) is 6.07 Å². The van der Waals surface area contributed by atoms with Crippen molar-refractivity contribution in [1.29, 1.82) is 5.26 Å². The van der Waals surface area contributed by atoms with Gasteiger partial charge in [0.2, 0.25) is 0 Å². The average Bonchev–Trinajstić information content (AvgIpc) is 2.48. The number of carbonyl (C=O) groups excluding carboxylic acids is 1. The van der Waals surface area contributed by atoms with Crippen LogP contribution in [0.5, 0.6) is 0 Å². The molecule has 1 rings (SSSR count). The third-order valence-corrected chi connectivity index (χ3v) is 3.02. The molecule has 0 fully saturated rings. The van der Waals surface area contributed by atoms with Gasteiger partial charge in [0.25, 0.3) is 0 Å². The number of methoxy groups -OCH3 is 1. The molecule has 0 heterocycles. The lowest BCUT2D eigenvalue weighted by Crippen LogP contribution is -2.23. The fourth-order valence-electron chi connectivity index (χ4n) is 1.93. The molecule has 0 amide bonds. The molecule has 0 bridgehead atoms. The summed E-state index contributed by atoms with van der Waals surface area (Å²) in [5.74, 6) is -0.512. The van der Waals surface area contributed by atoms with E-state index >= 15 is 0 Å². The summed E-state index contributed by atoms with van der Waals surface area (Å²) in [5.41, 5.74) is 0.727. The zero-order valence-electron chi connectivity index (χ0n) is 12.0. The first-order valence-corrected chi connectivity index (χ1v) is 6.90. The van der Waals surface area contributed by atoms with Gasteiger partial charge in [0, 0.05) is 7.11 Å². The Kier molecular flexibility index (Phi) is 7.38. The zero-order valence-corrected chi connectivity index (χ0v) is 12.0. The summed E-state index contributed by atoms with van der Waals surface area (Å²) in [6.45, 7) is 2.09. The standard InChI is InChI=1S/C16H21NO3/c1-3-4-6-11-14(12-17)20-16(18)15(19-2)13-9-7-5-8-10-13/h5,7-10,14-15H,3-4,6,11H2,1-2H3/t14-,15+/m1/s1. The summed E-state index contributed by atoms with van der Waals surface area (Å²) in [6.07, 6.45) is 2.07. The Hall–Kier alpha value is -1.86. The van der Waals surface area contributed by atoms with Crippen LogP contribution in [0.2, 0.25) is 0 Å². The first kappa shape index (κ1) is 16.2. The van der Waals surface area contributed by atoms with Gasteiger partial charge in [-0.15, -0.1) is 0 Å². The molecule has 1 aromatic rings. The minimum absolute atomic E-state index is 0.512. The lowest BCUT2D eigenvalue weighted by molar-refractivity contribution is -0.159. The van der Waals surface area contributed by atoms with Crippen molar-refractivity contribution in [3.05, 3.63) is 35.9 Å². The van der Waals surface area contributed by atoms with Crippen molar-refractivity contribution in [2.75, 3.05) is 7.11 Å². The molecule has 4 nitrogen and oxygen atoms in total. The Morgan fingerprint density at radius 1 is 1.30 bits per heavy atom. The molecule has 4 heteroatoms. The van der Waals surface area contributed by atoms with Crippen molar-refractivity contribution in [3.8, 4) is 6.07 Å². The fraction of sp³-hybridized carbons (Fsp3) is 0.500. The summed E-state index contributed by atoms with van der Waals surface area (Å²) in [4.78, 5) is 12.1. The molecular formula is C16H21NO3. The van der Waals surface area contributed by atoms with Crippen molar-refractivity contribution < 1.29 is 14.3 Å². The number of hydrogen-bond acceptors (Lipinski definition) is 4. The quantitative estimate of drug-likeness (QED) is 0.539. The number of ether oxygens (including phenoxy) is 2. The van der Waals surface area contributed by atoms with Gasteiger partial charge in [-0.3, -0.25) is 0 Å². The zero-order chi connectivity index (χ0) is 14.8. The molecule has 108 valence electrons. The van der Waals surface area contributed by atoms with E-state index < -0.39 is 18.2 Å². The summed E-state index contributed by atoms with van der Waals surface area (Å²) in [7, 11) is 1.46. The van der Waals surface area contributed by atoms with E-state index in [0.717, 1.165) is 24.8 Å². The van der Waals surface area contributed by atoms with Crippen LogP contribution in [0.3, 0.4) is 0 Å². The third kappa shape index (κ3) is 5.02. The third-order valence-electron chi connectivity index (χ3n) is 3.02. The van der Waals surface area contributed by atoms with E-state index in [9.17, 15) is 4.79 Å². The van der Waals surface area contributed by atoms with Gasteiger partial charge in [-0.25, -0.2) is 4.79 Å². The highest BCUT2D eigenvalue weighted by Gasteiger charge is 2.24. The average molecular weight is 275 g/mol. The lowest BCUT2D eigenvalue weighted by Gasteiger charge is -2.17. The number of rotatable bonds is 8. The number of unbranched alkanes of at least 4 members (excludes halogenated alkanes) is 2. The highest BCUT2D eigenvalue weighted by atomic mass is 16.6. The van der Waals surface area contributed by atoms with E-state index in [0.29, 0.717) is 6.42 Å². The molecular weight excluding hydrogens is 254 g/mol. The number of nitrogens with zero attached hydrogens (tertiary/aromatic N) is 1. The minimum atomic E-state index is -0.779. The number of benzene rings is 1. The van der Waals surface area contributed by atoms with E-state index in [4.69, 9.17) is 14.7 Å². The van der Waals surface area contributed by atoms with Gasteiger partial charge in [-0.05, 0) is 18.4 Å². The normalized spacial score (nSPS) is 13.2. The van der Waals surface area contributed by atoms with Crippen LogP contribution in [0.1, 0.15) is 44.3 Å². The van der Waals surface area contributed by atoms with Crippen LogP contribution in [-0.4, -0.2) is 19.2 Å². The van der Waals surface area contributed by atoms with Crippen LogP contribution in [0.25, 0.3) is 0 Å². The SMILES string of the molecule is CCCCC[C@H](C#N)OC(=O)[C@@H](OC)c1ccccc1. The maximum Gasteiger partial charge on any atom is 0.341 e. The van der Waals surface area contributed by atoms with E-state index in [-0.39, 0.29) is 0 Å². The Labute approximate surface area is 120 Å². The van der Waals surface area contributed by atoms with Gasteiger partial charge in [-0.2, -0.15) is 5.26 Å². The van der Waals surface area contributed by atoms with Crippen LogP contribution in [-0.2, 0) is 14.3 Å². The topological polar surface area (TPSA) is 59.3 Å². The molecule has 0 aliphatic heterocycles. The molecule has 20 heavy (non-hydrogen) atoms. The molecule has 1 aromatic carbocycles. The Morgan fingerprint density at radius 2 is 2.00 bits per heavy atom. The molecule has 0 saturated heterocycles. The number of esters is 1. The summed E-state index contributed by atoms with van der Waals surface area (Å²) in [6, 6.07) is 11.2. The Bertz CT molecular complexity index is 439. The van der Waals surface area contributed by atoms with Crippen LogP contribution in [0.15, 0.2) is 30.3 Å². The van der Waals surface area contributed by atoms with E-state index in [1.807, 2.05) is 24.3 Å². The molecule has 0 aliphatic rings. The van der Waals surface area contributed by atoms with Crippen LogP contribution in [0, 0.1) is 11.3 Å². The van der Waals surface area contributed by atoms with Gasteiger partial charge in [-0.1, -0.05) is 50.1 Å². The molecule has 0 N–H and O–H groups in total. The summed E-state index contributed by atoms with van der Waals surface area (Å²) in [5, 5.41) is 9.03. The van der Waals surface area contributed by atoms with E-state index in [1.54, 1.807) is 12.1 Å². The Morgan fingerprint density at radius 3 is 2.55 bits per heavy atom. The summed E-state index contributed by atoms with van der Waals surface area (Å²) >= 11 is 0. The lowest BCUT2D eigenvalue weighted by atomic mass is 10.1. The highest BCUT2D eigenvalue weighted by molar-refractivity contribution is 5.76. The highest BCUT2D eigenvalue weighted by Crippen LogP contribution is 2.19. The van der Waals surface area contributed by atoms with Crippen molar-refractivity contribution in [1.82, 2.24) is 0 Å². The van der Waals surface area contributed by atoms with Crippen LogP contribution < -0.4 is 0 Å². The van der Waals surface area contributed by atoms with E-state index in [1.165, 1.54) is 7.11 Å². The maximum atomic E-state index is 12.1. The predicted octanol–water partition coefficient (Wildman–Crippen LogP) is 3.39. The van der Waals surface area contributed by atoms with Crippen LogP contribution >= 0.6 is 0 Å². The smallest absolute Gasteiger partial charge is 0.341 e. The van der Waals surface area contributed by atoms with Gasteiger partial charge < -0.3 is 9.47 Å². The molecule has 0 aliphatic carbocycles. The number of nitriles is 1. The van der Waals surface area contributed by atoms with Crippen molar-refractivity contribution in [2.45, 2.75) is 44.8 Å². The summed E-state index contributed by atoms with van der Waals surface area (Å²) < 4.78 is 10.4. The Balaban J connectivity index is 2.61. The van der Waals surface area contributed by atoms with Gasteiger partial charge >= 0.3 is 5.97 Å². The number of carbonyl (C=O) groups is 1. The second kappa shape index (κ2) is 9.11. The van der Waals surface area contributed by atoms with Gasteiger partial charge in [0.05, 0.1) is 0 Å². The molecule has 2 atom stereocenters. The number of hydrogen-bond donors (Lipinski definition) is 0. The largest absolute Gasteiger partial charge is 0.445 e. The first-order valence-electron chi connectivity index (χ1n) is 6.90. The predicted molar refractivity (Wildman–Crippen MR) is 75.8 cm³/mol. The molecule has 0 aromatic heterocycles. The molecule has 0 saturated carbocycles. The second-order valence-corrected chi connectivity index (χ2v) is 4.58. The van der Waals surface area contributed by atoms with Crippen molar-refractivity contribution >= 4 is 5.97 Å². The molecule has 0 spiro atoms. The van der Waals surface area contributed by atoms with Crippen molar-refractivity contribution in [2.24, 2.45) is 0 Å². The monoisotopic (exact) mass is 275 g/mol. The first-order chi connectivity index (χ1) is 9.72. The maximum absolute atomic E-state index is 12.1. The van der Waals surface area contributed by atoms with Gasteiger partial charge in [0.15, 0.2) is 12.2 Å². The van der Waals surface area contributed by atoms with E-state index in [2.05, 4.69) is 6.92 Å². The van der Waals surface area contributed by atoms with Crippen LogP contribution in [0.4, 0.5) is 0 Å². The molecule has 0 unspecified atom stereocenters. The second-order valence-electron chi connectivity index (χ2n) is 4.58. The minimum Gasteiger partial charge on any atom is -0.445 e. The van der Waals surface area contributed by atoms with Crippen molar-refractivity contribution in [3.63, 3.8) is 0 Å². The molecule has 0 radical (unpaired) electrons.